The quantitative estimate of drug-likeness (QED) is 0.0147. The van der Waals surface area contributed by atoms with Crippen molar-refractivity contribution < 1.29 is 37.6 Å². The minimum Gasteiger partial charge on any atom is -0.328 e. The second-order valence-electron chi connectivity index (χ2n) is 14.9. The lowest BCUT2D eigenvalue weighted by molar-refractivity contribution is -0.458. The molecule has 0 heterocycles. The van der Waals surface area contributed by atoms with E-state index in [9.17, 15) is 0 Å². The number of unbranched alkanes of at least 4 members (excludes halogenated alkanes) is 18. The molecule has 0 N–H and O–H groups in total. The molecule has 0 aromatic heterocycles. The first-order chi connectivity index (χ1) is 28.2. The fourth-order valence-corrected chi connectivity index (χ4v) is 16.3. The maximum absolute atomic E-state index is 5.86. The average molecular weight is 936 g/mol. The van der Waals surface area contributed by atoms with Crippen LogP contribution in [0.25, 0.3) is 0 Å². The molecule has 8 nitrogen and oxygen atoms in total. The number of thioether (sulfide) groups is 2. The summed E-state index contributed by atoms with van der Waals surface area (Å²) in [5, 5.41) is 0. The Bertz CT molecular complexity index is 878. The highest BCUT2D eigenvalue weighted by Gasteiger charge is 2.32. The van der Waals surface area contributed by atoms with E-state index in [1.807, 2.05) is 106 Å². The second kappa shape index (κ2) is 42.2. The van der Waals surface area contributed by atoms with Gasteiger partial charge in [0.15, 0.2) is 0 Å². The lowest BCUT2D eigenvalue weighted by atomic mass is 10.1. The van der Waals surface area contributed by atoms with Crippen molar-refractivity contribution >= 4 is 73.5 Å². The van der Waals surface area contributed by atoms with Gasteiger partial charge in [0.05, 0.1) is 0 Å². The Morgan fingerprint density at radius 1 is 0.345 bits per heavy atom. The Labute approximate surface area is 382 Å². The lowest BCUT2D eigenvalue weighted by Gasteiger charge is -2.32. The number of hydrogen-bond donors (Lipinski definition) is 0. The second-order valence-corrected chi connectivity index (χ2v) is 23.2. The molecule has 0 radical (unpaired) electrons. The Morgan fingerprint density at radius 3 is 0.793 bits per heavy atom. The van der Waals surface area contributed by atoms with E-state index in [-0.39, 0.29) is 0 Å². The van der Waals surface area contributed by atoms with Crippen molar-refractivity contribution in [3.05, 3.63) is 0 Å². The van der Waals surface area contributed by atoms with E-state index >= 15 is 0 Å². The van der Waals surface area contributed by atoms with Gasteiger partial charge < -0.3 is 28.4 Å². The van der Waals surface area contributed by atoms with Crippen molar-refractivity contribution in [1.82, 2.24) is 0 Å². The number of nitrogens with zero attached hydrogens (tertiary/aromatic N) is 2. The molecule has 0 fully saturated rings. The molecule has 346 valence electrons. The van der Waals surface area contributed by atoms with Crippen molar-refractivity contribution in [3.63, 3.8) is 0 Å². The summed E-state index contributed by atoms with van der Waals surface area (Å²) in [7, 11) is 16.3. The topological polar surface area (TPSA) is 61.4 Å². The van der Waals surface area contributed by atoms with Gasteiger partial charge in [-0.25, -0.2) is 9.15 Å². The summed E-state index contributed by atoms with van der Waals surface area (Å²) in [6.45, 7) is 15.7. The highest BCUT2D eigenvalue weighted by Crippen LogP contribution is 2.47. The van der Waals surface area contributed by atoms with Gasteiger partial charge in [0.25, 0.3) is 20.7 Å². The molecule has 0 aliphatic rings. The zero-order valence-electron chi connectivity index (χ0n) is 39.0. The van der Waals surface area contributed by atoms with Crippen LogP contribution in [0.3, 0.4) is 0 Å². The summed E-state index contributed by atoms with van der Waals surface area (Å²) in [5.41, 5.74) is 0. The Hall–Kier alpha value is 1.20. The van der Waals surface area contributed by atoms with Gasteiger partial charge in [-0.15, -0.1) is 0 Å². The molecule has 0 bridgehead atoms. The van der Waals surface area contributed by atoms with Crippen molar-refractivity contribution in [2.24, 2.45) is 0 Å². The predicted molar refractivity (Wildman–Crippen MR) is 266 cm³/mol. The fourth-order valence-electron chi connectivity index (χ4n) is 6.58. The van der Waals surface area contributed by atoms with Gasteiger partial charge >= 0.3 is 0 Å². The van der Waals surface area contributed by atoms with E-state index < -0.39 is 11.9 Å². The molecule has 0 spiro atoms. The Balaban J connectivity index is 3.94. The first kappa shape index (κ1) is 59.2. The van der Waals surface area contributed by atoms with Crippen LogP contribution in [0.15, 0.2) is 0 Å². The minimum atomic E-state index is -0.844. The maximum atomic E-state index is 5.86. The summed E-state index contributed by atoms with van der Waals surface area (Å²) in [4.78, 5) is 0. The standard InChI is InChI=1S/C44H90N2O6S6/c1-11-47-43(48-12-2,49-13-3)37-33-29-25-21-17-19-23-27-31-35-39-53-41(45(7)8)55-57-58-56-42(46(9)10)54-40-36-32-28-24-20-18-22-26-30-34-38-44(50-14-4,51-15-5)52-16-6/h11-40H2,1-10H3/q+2. The molecule has 0 amide bonds. The minimum absolute atomic E-state index is 0.606. The number of hydrogen-bond acceptors (Lipinski definition) is 12. The lowest BCUT2D eigenvalue weighted by Crippen LogP contribution is -2.39. The van der Waals surface area contributed by atoms with Crippen molar-refractivity contribution in [2.75, 3.05) is 79.3 Å². The summed E-state index contributed by atoms with van der Waals surface area (Å²) in [5.74, 6) is 0.723. The Kier molecular flexibility index (Phi) is 43.0. The van der Waals surface area contributed by atoms with Gasteiger partial charge in [0.2, 0.25) is 0 Å². The first-order valence-electron chi connectivity index (χ1n) is 23.0. The zero-order valence-corrected chi connectivity index (χ0v) is 43.9. The molecule has 0 unspecified atom stereocenters. The van der Waals surface area contributed by atoms with E-state index in [1.54, 1.807) is 0 Å². The van der Waals surface area contributed by atoms with Crippen LogP contribution in [0.2, 0.25) is 0 Å². The molecule has 0 aliphatic carbocycles. The molecule has 0 aromatic carbocycles. The summed E-state index contributed by atoms with van der Waals surface area (Å²) in [6, 6.07) is 0. The van der Waals surface area contributed by atoms with Crippen molar-refractivity contribution in [1.29, 1.82) is 0 Å². The van der Waals surface area contributed by atoms with Gasteiger partial charge in [0.1, 0.15) is 28.2 Å². The van der Waals surface area contributed by atoms with E-state index in [1.165, 1.54) is 136 Å². The van der Waals surface area contributed by atoms with E-state index in [4.69, 9.17) is 28.4 Å². The van der Waals surface area contributed by atoms with Crippen LogP contribution in [0, 0.1) is 0 Å². The van der Waals surface area contributed by atoms with Crippen LogP contribution in [0.4, 0.5) is 0 Å². The third kappa shape index (κ3) is 32.8. The van der Waals surface area contributed by atoms with Crippen LogP contribution < -0.4 is 0 Å². The molecule has 0 saturated heterocycles. The highest BCUT2D eigenvalue weighted by molar-refractivity contribution is 9.30. The van der Waals surface area contributed by atoms with Crippen LogP contribution in [0.5, 0.6) is 0 Å². The van der Waals surface area contributed by atoms with Crippen LogP contribution in [-0.2, 0) is 28.4 Å². The predicted octanol–water partition coefficient (Wildman–Crippen LogP) is 14.5. The maximum Gasteiger partial charge on any atom is 0.282 e. The van der Waals surface area contributed by atoms with Gasteiger partial charge in [-0.3, -0.25) is 0 Å². The normalized spacial score (nSPS) is 12.1. The molecular formula is C44H90N2O6S6+2. The van der Waals surface area contributed by atoms with Gasteiger partial charge in [0, 0.05) is 85.6 Å². The zero-order chi connectivity index (χ0) is 43.0. The van der Waals surface area contributed by atoms with Crippen molar-refractivity contribution in [3.8, 4) is 0 Å². The number of rotatable bonds is 41. The third-order valence-corrected chi connectivity index (χ3v) is 19.4. The molecule has 0 saturated carbocycles. The van der Waals surface area contributed by atoms with Crippen molar-refractivity contribution in [2.45, 2.75) is 195 Å². The summed E-state index contributed by atoms with van der Waals surface area (Å²) >= 11 is 4.04. The molecule has 0 aliphatic heterocycles. The van der Waals surface area contributed by atoms with Crippen LogP contribution >= 0.6 is 64.8 Å². The van der Waals surface area contributed by atoms with Crippen LogP contribution in [-0.4, -0.2) is 109 Å². The van der Waals surface area contributed by atoms with Crippen LogP contribution in [0.1, 0.15) is 183 Å². The van der Waals surface area contributed by atoms with E-state index in [2.05, 4.69) is 37.3 Å². The Morgan fingerprint density at radius 2 is 0.569 bits per heavy atom. The fraction of sp³-hybridized carbons (Fsp3) is 0.955. The highest BCUT2D eigenvalue weighted by atomic mass is 33.7. The smallest absolute Gasteiger partial charge is 0.282 e. The van der Waals surface area contributed by atoms with E-state index in [0.29, 0.717) is 39.6 Å². The summed E-state index contributed by atoms with van der Waals surface area (Å²) < 4.78 is 42.5. The monoisotopic (exact) mass is 935 g/mol. The van der Waals surface area contributed by atoms with Gasteiger partial charge in [-0.1, -0.05) is 103 Å². The molecule has 0 aromatic rings. The SMILES string of the molecule is CCOC(CCCCCCCCCCCCSC(SSSSC(SCCCCCCCCCCCCC(OCC)(OCC)OCC)=[N+](C)C)=[N+](C)C)(OCC)OCC. The molecule has 0 rings (SSSR count). The van der Waals surface area contributed by atoms with Gasteiger partial charge in [-0.2, -0.15) is 0 Å². The molecule has 0 atom stereocenters. The number of ether oxygens (including phenoxy) is 6. The molecule has 14 heteroatoms. The van der Waals surface area contributed by atoms with E-state index in [0.717, 1.165) is 25.7 Å². The summed E-state index contributed by atoms with van der Waals surface area (Å²) in [6.07, 6.45) is 27.6. The average Bonchev–Trinajstić information content (AvgIpc) is 3.18. The largest absolute Gasteiger partial charge is 0.328 e. The molecule has 58 heavy (non-hydrogen) atoms. The molecular weight excluding hydrogens is 845 g/mol. The van der Waals surface area contributed by atoms with Gasteiger partial charge in [-0.05, 0) is 110 Å². The third-order valence-electron chi connectivity index (χ3n) is 9.36. The first-order valence-corrected chi connectivity index (χ1v) is 29.8.